The Labute approximate surface area is 226 Å². The van der Waals surface area contributed by atoms with Crippen LogP contribution in [0.1, 0.15) is 28.4 Å². The topological polar surface area (TPSA) is 108 Å². The highest BCUT2D eigenvalue weighted by Gasteiger charge is 2.47. The number of carbonyl (C=O) groups is 3. The number of rotatable bonds is 8. The first-order valence-electron chi connectivity index (χ1n) is 11.0. The number of anilines is 2. The van der Waals surface area contributed by atoms with Gasteiger partial charge < -0.3 is 21.1 Å². The van der Waals surface area contributed by atoms with Gasteiger partial charge in [0, 0.05) is 44.4 Å². The third-order valence-electron chi connectivity index (χ3n) is 6.00. The monoisotopic (exact) mass is 589 g/mol. The molecule has 0 fully saturated rings. The van der Waals surface area contributed by atoms with E-state index in [1.54, 1.807) is 48.5 Å². The number of carboxylic acid groups (broad SMARTS) is 1. The van der Waals surface area contributed by atoms with Gasteiger partial charge in [0.25, 0.3) is 11.8 Å². The number of carboxylic acids is 1. The van der Waals surface area contributed by atoms with E-state index in [2.05, 4.69) is 31.9 Å². The second kappa shape index (κ2) is 10.5. The molecule has 0 radical (unpaired) electrons. The first kappa shape index (κ1) is 26.0. The summed E-state index contributed by atoms with van der Waals surface area (Å²) in [6.45, 7) is 1.47. The minimum Gasteiger partial charge on any atom is -0.481 e. The predicted octanol–water partition coefficient (Wildman–Crippen LogP) is 5.71. The molecule has 4 rings (SSSR count). The highest BCUT2D eigenvalue weighted by Crippen LogP contribution is 2.43. The largest absolute Gasteiger partial charge is 0.481 e. The molecule has 36 heavy (non-hydrogen) atoms. The minimum atomic E-state index is -1.28. The van der Waals surface area contributed by atoms with Gasteiger partial charge in [-0.3, -0.25) is 14.4 Å². The van der Waals surface area contributed by atoms with Gasteiger partial charge in [-0.25, -0.2) is 0 Å². The van der Waals surface area contributed by atoms with Crippen LogP contribution in [0.5, 0.6) is 0 Å². The molecule has 0 saturated heterocycles. The Morgan fingerprint density at radius 1 is 1.08 bits per heavy atom. The summed E-state index contributed by atoms with van der Waals surface area (Å²) in [5.74, 6) is -2.55. The summed E-state index contributed by atoms with van der Waals surface area (Å²) >= 11 is 15.9. The Morgan fingerprint density at radius 2 is 1.83 bits per heavy atom. The molecule has 2 atom stereocenters. The van der Waals surface area contributed by atoms with Crippen LogP contribution in [0, 0.1) is 5.92 Å². The normalized spacial score (nSPS) is 17.2. The Hall–Kier alpha value is -3.07. The van der Waals surface area contributed by atoms with Gasteiger partial charge in [0.2, 0.25) is 0 Å². The molecule has 0 aromatic heterocycles. The zero-order valence-electron chi connectivity index (χ0n) is 19.1. The van der Waals surface area contributed by atoms with Crippen molar-refractivity contribution in [1.82, 2.24) is 5.32 Å². The molecule has 1 heterocycles. The first-order chi connectivity index (χ1) is 17.1. The smallest absolute Gasteiger partial charge is 0.308 e. The van der Waals surface area contributed by atoms with Gasteiger partial charge in [-0.1, -0.05) is 64.3 Å². The molecule has 1 aliphatic heterocycles. The summed E-state index contributed by atoms with van der Waals surface area (Å²) in [7, 11) is 0. The zero-order valence-corrected chi connectivity index (χ0v) is 22.2. The van der Waals surface area contributed by atoms with Gasteiger partial charge >= 0.3 is 5.97 Å². The van der Waals surface area contributed by atoms with Gasteiger partial charge in [-0.2, -0.15) is 0 Å². The van der Waals surface area contributed by atoms with Crippen molar-refractivity contribution in [3.05, 3.63) is 91.9 Å². The second-order valence-corrected chi connectivity index (χ2v) is 10.4. The van der Waals surface area contributed by atoms with Crippen molar-refractivity contribution in [1.29, 1.82) is 0 Å². The van der Waals surface area contributed by atoms with Crippen molar-refractivity contribution in [3.8, 4) is 0 Å². The molecule has 1 aliphatic rings. The maximum absolute atomic E-state index is 13.6. The number of fused-ring (bicyclic) bond motifs is 1. The number of hydrogen-bond donors (Lipinski definition) is 4. The number of amides is 2. The van der Waals surface area contributed by atoms with Gasteiger partial charge in [0.15, 0.2) is 0 Å². The zero-order chi connectivity index (χ0) is 26.0. The summed E-state index contributed by atoms with van der Waals surface area (Å²) in [5.41, 5.74) is 1.42. The number of benzene rings is 3. The number of nitrogens with one attached hydrogen (secondary N) is 3. The van der Waals surface area contributed by atoms with Crippen LogP contribution in [0.25, 0.3) is 0 Å². The van der Waals surface area contributed by atoms with Crippen molar-refractivity contribution >= 4 is 68.3 Å². The van der Waals surface area contributed by atoms with E-state index in [0.717, 1.165) is 5.56 Å². The number of carbonyl (C=O) groups excluding carboxylic acids is 2. The molecule has 4 N–H and O–H groups in total. The van der Waals surface area contributed by atoms with E-state index in [4.69, 9.17) is 28.3 Å². The molecule has 7 nitrogen and oxygen atoms in total. The van der Waals surface area contributed by atoms with Crippen LogP contribution in [-0.4, -0.2) is 29.4 Å². The quantitative estimate of drug-likeness (QED) is 0.269. The fraction of sp³-hybridized carbons (Fsp3) is 0.192. The summed E-state index contributed by atoms with van der Waals surface area (Å²) in [6, 6.07) is 17.4. The van der Waals surface area contributed by atoms with Crippen LogP contribution >= 0.6 is 39.1 Å². The Morgan fingerprint density at radius 3 is 2.56 bits per heavy atom. The molecule has 1 unspecified atom stereocenters. The molecule has 10 heteroatoms. The average Bonchev–Trinajstić information content (AvgIpc) is 3.07. The third kappa shape index (κ3) is 5.36. The van der Waals surface area contributed by atoms with E-state index in [-0.39, 0.29) is 24.4 Å². The van der Waals surface area contributed by atoms with Crippen molar-refractivity contribution in [2.45, 2.75) is 18.9 Å². The van der Waals surface area contributed by atoms with Crippen molar-refractivity contribution in [2.24, 2.45) is 5.92 Å². The minimum absolute atomic E-state index is 0.0425. The molecule has 3 aromatic carbocycles. The van der Waals surface area contributed by atoms with Crippen LogP contribution < -0.4 is 16.0 Å². The highest BCUT2D eigenvalue weighted by molar-refractivity contribution is 9.10. The fourth-order valence-corrected chi connectivity index (χ4v) is 4.86. The molecular formula is C26H22BrCl2N3O4. The van der Waals surface area contributed by atoms with Crippen LogP contribution in [-0.2, 0) is 21.5 Å². The number of halogens is 3. The Bertz CT molecular complexity index is 1370. The van der Waals surface area contributed by atoms with Crippen molar-refractivity contribution < 1.29 is 19.5 Å². The van der Waals surface area contributed by atoms with Gasteiger partial charge in [-0.15, -0.1) is 0 Å². The average molecular weight is 591 g/mol. The summed E-state index contributed by atoms with van der Waals surface area (Å²) in [6.07, 6.45) is 0.234. The van der Waals surface area contributed by atoms with E-state index >= 15 is 0 Å². The van der Waals surface area contributed by atoms with Crippen molar-refractivity contribution in [2.75, 3.05) is 17.2 Å². The SMILES string of the molecule is C[C@H](CNC(=O)c1ccc(Br)cc1NC1(Cc2cccc(Cl)c2)C(=O)Nc2cc(Cl)ccc21)C(=O)O. The molecule has 0 aliphatic carbocycles. The molecular weight excluding hydrogens is 569 g/mol. The predicted molar refractivity (Wildman–Crippen MR) is 144 cm³/mol. The first-order valence-corrected chi connectivity index (χ1v) is 12.6. The second-order valence-electron chi connectivity index (χ2n) is 8.62. The maximum atomic E-state index is 13.6. The summed E-state index contributed by atoms with van der Waals surface area (Å²) < 4.78 is 0.688. The number of hydrogen-bond acceptors (Lipinski definition) is 4. The Kier molecular flexibility index (Phi) is 7.59. The van der Waals surface area contributed by atoms with Crippen LogP contribution in [0.3, 0.4) is 0 Å². The lowest BCUT2D eigenvalue weighted by molar-refractivity contribution is -0.140. The van der Waals surface area contributed by atoms with Gasteiger partial charge in [0.05, 0.1) is 11.5 Å². The van der Waals surface area contributed by atoms with E-state index in [1.165, 1.54) is 6.92 Å². The van der Waals surface area contributed by atoms with Crippen LogP contribution in [0.4, 0.5) is 11.4 Å². The molecule has 0 saturated carbocycles. The lowest BCUT2D eigenvalue weighted by Crippen LogP contribution is -2.45. The number of aliphatic carboxylic acids is 1. The van der Waals surface area contributed by atoms with Gasteiger partial charge in [-0.05, 0) is 48.0 Å². The highest BCUT2D eigenvalue weighted by atomic mass is 79.9. The fourth-order valence-electron chi connectivity index (χ4n) is 4.12. The lowest BCUT2D eigenvalue weighted by atomic mass is 9.84. The van der Waals surface area contributed by atoms with E-state index in [1.807, 2.05) is 12.1 Å². The van der Waals surface area contributed by atoms with Crippen LogP contribution in [0.15, 0.2) is 65.1 Å². The van der Waals surface area contributed by atoms with Gasteiger partial charge in [0.1, 0.15) is 5.54 Å². The lowest BCUT2D eigenvalue weighted by Gasteiger charge is -2.31. The van der Waals surface area contributed by atoms with Crippen molar-refractivity contribution in [3.63, 3.8) is 0 Å². The van der Waals surface area contributed by atoms with E-state index < -0.39 is 23.3 Å². The molecule has 0 spiro atoms. The maximum Gasteiger partial charge on any atom is 0.308 e. The van der Waals surface area contributed by atoms with E-state index in [9.17, 15) is 14.4 Å². The summed E-state index contributed by atoms with van der Waals surface area (Å²) in [4.78, 5) is 37.8. The molecule has 0 bridgehead atoms. The third-order valence-corrected chi connectivity index (χ3v) is 6.96. The Balaban J connectivity index is 1.78. The summed E-state index contributed by atoms with van der Waals surface area (Å²) in [5, 5.41) is 19.1. The van der Waals surface area contributed by atoms with E-state index in [0.29, 0.717) is 31.5 Å². The van der Waals surface area contributed by atoms with Crippen LogP contribution in [0.2, 0.25) is 10.0 Å². The molecule has 3 aromatic rings. The standard InChI is InChI=1S/C26H22BrCl2N3O4/c1-14(24(34)35)13-30-23(33)19-7-5-16(27)10-21(19)32-26(12-15-3-2-4-17(28)9-15)20-8-6-18(29)11-22(20)31-25(26)36/h2-11,14,32H,12-13H2,1H3,(H,30,33)(H,31,36)(H,34,35)/t14-,26?/m1/s1. The molecule has 186 valence electrons. The molecule has 2 amide bonds.